The molecule has 0 fully saturated rings. The predicted octanol–water partition coefficient (Wildman–Crippen LogP) is 0.771. The highest BCUT2D eigenvalue weighted by atomic mass is 32.2. The third kappa shape index (κ3) is 5.80. The zero-order valence-electron chi connectivity index (χ0n) is 19.3. The number of amides is 1. The largest absolute Gasteiger partial charge is 0.478 e. The molecule has 0 radical (unpaired) electrons. The number of carbonyl (C=O) groups excluding carboxylic acids is 1. The summed E-state index contributed by atoms with van der Waals surface area (Å²) in [6.07, 6.45) is 2.16. The smallest absolute Gasteiger partial charge is 0.345 e. The van der Waals surface area contributed by atoms with Gasteiger partial charge in [-0.15, -0.1) is 0 Å². The zero-order chi connectivity index (χ0) is 25.6. The van der Waals surface area contributed by atoms with E-state index in [0.717, 1.165) is 6.54 Å². The summed E-state index contributed by atoms with van der Waals surface area (Å²) < 4.78 is 28.5. The molecule has 2 heterocycles. The molecule has 3 aromatic rings. The number of carbonyl (C=O) groups is 2. The topological polar surface area (TPSA) is 178 Å². The van der Waals surface area contributed by atoms with Crippen molar-refractivity contribution in [2.24, 2.45) is 4.99 Å². The van der Waals surface area contributed by atoms with Crippen molar-refractivity contribution in [2.75, 3.05) is 19.6 Å². The maximum absolute atomic E-state index is 13.1. The second-order valence-corrected chi connectivity index (χ2v) is 9.98. The van der Waals surface area contributed by atoms with Crippen LogP contribution < -0.4 is 20.7 Å². The number of hydrogen-bond donors (Lipinski definition) is 6. The van der Waals surface area contributed by atoms with Gasteiger partial charge >= 0.3 is 5.97 Å². The van der Waals surface area contributed by atoms with Crippen LogP contribution in [-0.2, 0) is 14.8 Å². The van der Waals surface area contributed by atoms with Gasteiger partial charge in [0.25, 0.3) is 5.91 Å². The maximum Gasteiger partial charge on any atom is 0.345 e. The average Bonchev–Trinajstić information content (AvgIpc) is 3.55. The highest BCUT2D eigenvalue weighted by Crippen LogP contribution is 2.20. The van der Waals surface area contributed by atoms with E-state index in [1.165, 1.54) is 36.5 Å². The lowest BCUT2D eigenvalue weighted by Crippen LogP contribution is -2.65. The molecule has 36 heavy (non-hydrogen) atoms. The van der Waals surface area contributed by atoms with Crippen LogP contribution in [0.2, 0.25) is 0 Å². The summed E-state index contributed by atoms with van der Waals surface area (Å²) in [5.41, 5.74) is -1.41. The fourth-order valence-electron chi connectivity index (χ4n) is 3.82. The number of aliphatic carboxylic acids is 1. The van der Waals surface area contributed by atoms with Gasteiger partial charge in [0.2, 0.25) is 15.7 Å². The van der Waals surface area contributed by atoms with Crippen molar-refractivity contribution in [3.8, 4) is 0 Å². The van der Waals surface area contributed by atoms with Crippen LogP contribution in [0, 0.1) is 0 Å². The molecule has 0 bridgehead atoms. The molecule has 1 atom stereocenters. The van der Waals surface area contributed by atoms with Gasteiger partial charge < -0.3 is 21.1 Å². The van der Waals surface area contributed by atoms with Gasteiger partial charge in [0.15, 0.2) is 5.96 Å². The lowest BCUT2D eigenvalue weighted by molar-refractivity contribution is -0.145. The van der Waals surface area contributed by atoms with Crippen LogP contribution in [0.15, 0.2) is 64.6 Å². The first-order valence-electron chi connectivity index (χ1n) is 11.4. The van der Waals surface area contributed by atoms with Gasteiger partial charge in [0, 0.05) is 24.0 Å². The maximum atomic E-state index is 13.1. The summed E-state index contributed by atoms with van der Waals surface area (Å²) in [7, 11) is -4.28. The molecule has 0 saturated heterocycles. The Labute approximate surface area is 207 Å². The Hall–Kier alpha value is -3.97. The number of sulfonamides is 1. The van der Waals surface area contributed by atoms with Crippen LogP contribution in [0.5, 0.6) is 0 Å². The van der Waals surface area contributed by atoms with Crippen molar-refractivity contribution in [1.29, 1.82) is 0 Å². The predicted molar refractivity (Wildman–Crippen MR) is 133 cm³/mol. The highest BCUT2D eigenvalue weighted by molar-refractivity contribution is 7.89. The van der Waals surface area contributed by atoms with Crippen LogP contribution >= 0.6 is 0 Å². The first-order valence-corrected chi connectivity index (χ1v) is 12.9. The Morgan fingerprint density at radius 2 is 1.92 bits per heavy atom. The van der Waals surface area contributed by atoms with Gasteiger partial charge in [-0.25, -0.2) is 13.2 Å². The van der Waals surface area contributed by atoms with Gasteiger partial charge in [0.1, 0.15) is 0 Å². The minimum Gasteiger partial charge on any atom is -0.478 e. The Morgan fingerprint density at radius 1 is 1.11 bits per heavy atom. The summed E-state index contributed by atoms with van der Waals surface area (Å²) in [6, 6.07) is 12.1. The monoisotopic (exact) mass is 513 g/mol. The number of fused-ring (bicyclic) bond motifs is 1. The molecule has 4 rings (SSSR count). The Bertz CT molecular complexity index is 1370. The molecule has 6 N–H and O–H groups in total. The average molecular weight is 514 g/mol. The number of carboxylic acids is 1. The molecule has 1 aliphatic heterocycles. The number of H-pyrrole nitrogens is 1. The number of guanidine groups is 1. The Morgan fingerprint density at radius 3 is 2.64 bits per heavy atom. The quantitative estimate of drug-likeness (QED) is 0.161. The number of aromatic amines is 1. The molecule has 1 aromatic heterocycles. The first kappa shape index (κ1) is 25.1. The first-order chi connectivity index (χ1) is 17.3. The third-order valence-corrected chi connectivity index (χ3v) is 7.21. The zero-order valence-corrected chi connectivity index (χ0v) is 20.1. The van der Waals surface area contributed by atoms with Gasteiger partial charge in [0.05, 0.1) is 23.2 Å². The number of nitrogens with one attached hydrogen (secondary N) is 5. The standard InChI is InChI=1S/C23H27N7O5S/c31-20(16-8-9-19-17(14-16)15-27-29-19)28-23(21(32)33,10-4-5-11-24-22-25-12-13-26-22)30-36(34,35)18-6-2-1-3-7-18/h1-3,6-9,14-15,30H,4-5,10-13H2,(H,27,29)(H,28,31)(H,32,33)(H2,24,25,26)/t23-/m0/s1. The van der Waals surface area contributed by atoms with E-state index in [-0.39, 0.29) is 16.9 Å². The van der Waals surface area contributed by atoms with E-state index in [4.69, 9.17) is 0 Å². The summed E-state index contributed by atoms with van der Waals surface area (Å²) in [5.74, 6) is -1.58. The SMILES string of the molecule is O=C(N[C@@](CCCCNC1=NCCN1)(NS(=O)(=O)c1ccccc1)C(=O)O)c1ccc2[nH]ncc2c1. The van der Waals surface area contributed by atoms with E-state index < -0.39 is 27.6 Å². The molecular weight excluding hydrogens is 486 g/mol. The van der Waals surface area contributed by atoms with Crippen LogP contribution in [0.3, 0.4) is 0 Å². The summed E-state index contributed by atoms with van der Waals surface area (Å²) in [5, 5.41) is 26.2. The number of benzene rings is 2. The number of aliphatic imine (C=N–C) groups is 1. The number of carboxylic acid groups (broad SMARTS) is 1. The molecule has 13 heteroatoms. The lowest BCUT2D eigenvalue weighted by atomic mass is 10.0. The molecule has 1 aliphatic rings. The Kier molecular flexibility index (Phi) is 7.50. The summed E-state index contributed by atoms with van der Waals surface area (Å²) >= 11 is 0. The number of nitrogens with zero attached hydrogens (tertiary/aromatic N) is 2. The molecule has 2 aromatic carbocycles. The highest BCUT2D eigenvalue weighted by Gasteiger charge is 2.44. The van der Waals surface area contributed by atoms with E-state index in [2.05, 4.69) is 35.9 Å². The van der Waals surface area contributed by atoms with Crippen molar-refractivity contribution >= 4 is 38.8 Å². The second-order valence-electron chi connectivity index (χ2n) is 8.30. The summed E-state index contributed by atoms with van der Waals surface area (Å²) in [6.45, 7) is 1.93. The van der Waals surface area contributed by atoms with Crippen molar-refractivity contribution in [1.82, 2.24) is 30.9 Å². The van der Waals surface area contributed by atoms with Crippen LogP contribution in [0.1, 0.15) is 29.6 Å². The number of aromatic nitrogens is 2. The van der Waals surface area contributed by atoms with E-state index in [1.807, 2.05) is 0 Å². The van der Waals surface area contributed by atoms with Crippen LogP contribution in [0.4, 0.5) is 0 Å². The summed E-state index contributed by atoms with van der Waals surface area (Å²) in [4.78, 5) is 29.8. The molecular formula is C23H27N7O5S. The molecule has 12 nitrogen and oxygen atoms in total. The van der Waals surface area contributed by atoms with E-state index in [9.17, 15) is 23.1 Å². The molecule has 190 valence electrons. The number of hydrogen-bond acceptors (Lipinski definition) is 8. The fraction of sp³-hybridized carbons (Fsp3) is 0.304. The van der Waals surface area contributed by atoms with E-state index in [1.54, 1.807) is 18.2 Å². The molecule has 1 amide bonds. The fourth-order valence-corrected chi connectivity index (χ4v) is 5.15. The number of rotatable bonds is 11. The van der Waals surface area contributed by atoms with Gasteiger partial charge in [-0.1, -0.05) is 18.2 Å². The molecule has 0 spiro atoms. The van der Waals surface area contributed by atoms with Gasteiger partial charge in [-0.3, -0.25) is 14.9 Å². The second kappa shape index (κ2) is 10.7. The number of unbranched alkanes of at least 4 members (excludes halogenated alkanes) is 1. The minimum atomic E-state index is -4.28. The molecule has 0 aliphatic carbocycles. The van der Waals surface area contributed by atoms with Crippen molar-refractivity contribution < 1.29 is 23.1 Å². The van der Waals surface area contributed by atoms with Crippen LogP contribution in [-0.4, -0.2) is 66.9 Å². The van der Waals surface area contributed by atoms with E-state index in [0.29, 0.717) is 42.8 Å². The minimum absolute atomic E-state index is 0.114. The lowest BCUT2D eigenvalue weighted by Gasteiger charge is -2.31. The third-order valence-electron chi connectivity index (χ3n) is 5.70. The van der Waals surface area contributed by atoms with Crippen molar-refractivity contribution in [3.05, 3.63) is 60.3 Å². The van der Waals surface area contributed by atoms with E-state index >= 15 is 0 Å². The Balaban J connectivity index is 1.55. The van der Waals surface area contributed by atoms with Crippen molar-refractivity contribution in [3.63, 3.8) is 0 Å². The van der Waals surface area contributed by atoms with Gasteiger partial charge in [-0.2, -0.15) is 9.82 Å². The van der Waals surface area contributed by atoms with Crippen molar-refractivity contribution in [2.45, 2.75) is 29.8 Å². The normalized spacial score (nSPS) is 15.1. The molecule has 0 saturated carbocycles. The van der Waals surface area contributed by atoms with Gasteiger partial charge in [-0.05, 0) is 49.6 Å². The van der Waals surface area contributed by atoms with Crippen LogP contribution in [0.25, 0.3) is 10.9 Å². The molecule has 0 unspecified atom stereocenters.